The van der Waals surface area contributed by atoms with Crippen LogP contribution in [0.25, 0.3) is 0 Å². The van der Waals surface area contributed by atoms with Gasteiger partial charge in [-0.15, -0.1) is 0 Å². The third-order valence-electron chi connectivity index (χ3n) is 5.59. The van der Waals surface area contributed by atoms with E-state index in [0.717, 1.165) is 12.8 Å². The summed E-state index contributed by atoms with van der Waals surface area (Å²) in [5, 5.41) is 50.7. The number of aliphatic hydroxyl groups is 5. The lowest BCUT2D eigenvalue weighted by molar-refractivity contribution is 0.0261. The van der Waals surface area contributed by atoms with Gasteiger partial charge in [-0.3, -0.25) is 0 Å². The monoisotopic (exact) mass is 394 g/mol. The highest BCUT2D eigenvalue weighted by Crippen LogP contribution is 2.50. The maximum absolute atomic E-state index is 10.6. The van der Waals surface area contributed by atoms with Crippen LogP contribution in [0.15, 0.2) is 46.6 Å². The normalized spacial score (nSPS) is 32.3. The van der Waals surface area contributed by atoms with Gasteiger partial charge in [0, 0.05) is 0 Å². The molecule has 1 aliphatic heterocycles. The summed E-state index contributed by atoms with van der Waals surface area (Å²) in [6.45, 7) is 7.51. The number of hydrogen-bond acceptors (Lipinski definition) is 6. The summed E-state index contributed by atoms with van der Waals surface area (Å²) >= 11 is 0. The number of allylic oxidation sites excluding steroid dienone is 3. The summed E-state index contributed by atoms with van der Waals surface area (Å²) in [4.78, 5) is 0. The molecule has 2 aliphatic rings. The first-order valence-corrected chi connectivity index (χ1v) is 9.82. The molecule has 28 heavy (non-hydrogen) atoms. The molecule has 0 bridgehead atoms. The van der Waals surface area contributed by atoms with Gasteiger partial charge in [0.25, 0.3) is 0 Å². The molecule has 6 heteroatoms. The number of aliphatic hydroxyl groups excluding tert-OH is 5. The summed E-state index contributed by atoms with van der Waals surface area (Å²) < 4.78 is 5.47. The molecule has 0 spiro atoms. The van der Waals surface area contributed by atoms with Gasteiger partial charge in [0.1, 0.15) is 24.4 Å². The Morgan fingerprint density at radius 3 is 2.46 bits per heavy atom. The van der Waals surface area contributed by atoms with Gasteiger partial charge in [0.05, 0.1) is 12.7 Å². The predicted octanol–water partition coefficient (Wildman–Crippen LogP) is 1.53. The van der Waals surface area contributed by atoms with Crippen LogP contribution >= 0.6 is 0 Å². The minimum absolute atomic E-state index is 0.285. The molecule has 0 amide bonds. The van der Waals surface area contributed by atoms with Gasteiger partial charge < -0.3 is 30.3 Å². The molecule has 2 rings (SSSR count). The quantitative estimate of drug-likeness (QED) is 0.299. The summed E-state index contributed by atoms with van der Waals surface area (Å²) in [7, 11) is 0. The van der Waals surface area contributed by atoms with E-state index < -0.39 is 36.1 Å². The van der Waals surface area contributed by atoms with Crippen molar-refractivity contribution in [2.24, 2.45) is 0 Å². The van der Waals surface area contributed by atoms with Crippen molar-refractivity contribution < 1.29 is 30.3 Å². The SMILES string of the molecule is CC(C)=CCCC(C)=CC[C@H](O)C(C)=C[C@H](O)[C@]12O[C@H]1[C@H](O)C(CO)=C[C@@H]2O. The molecule has 6 nitrogen and oxygen atoms in total. The zero-order chi connectivity index (χ0) is 21.1. The number of hydrogen-bond donors (Lipinski definition) is 5. The van der Waals surface area contributed by atoms with Crippen molar-refractivity contribution >= 4 is 0 Å². The standard InChI is InChI=1S/C22H34O6/c1-13(2)6-5-7-14(3)8-9-17(24)15(4)10-18(25)22-19(26)11-16(12-23)20(27)21(22)28-22/h6,8,10-11,17-21,23-27H,5,7,9,12H2,1-4H3/t17-,18-,19-,20+,21-,22+/m0/s1. The van der Waals surface area contributed by atoms with Crippen LogP contribution in [-0.4, -0.2) is 68.3 Å². The molecule has 0 aromatic rings. The molecule has 6 atom stereocenters. The molecular formula is C22H34O6. The second-order valence-corrected chi connectivity index (χ2v) is 8.16. The van der Waals surface area contributed by atoms with Crippen LogP contribution in [-0.2, 0) is 4.74 Å². The number of ether oxygens (including phenoxy) is 1. The third kappa shape index (κ3) is 5.00. The first-order chi connectivity index (χ1) is 13.1. The Kier molecular flexibility index (Phi) is 7.79. The topological polar surface area (TPSA) is 114 Å². The molecule has 1 fully saturated rings. The zero-order valence-corrected chi connectivity index (χ0v) is 17.2. The summed E-state index contributed by atoms with van der Waals surface area (Å²) in [6.07, 6.45) is 4.41. The molecular weight excluding hydrogens is 360 g/mol. The third-order valence-corrected chi connectivity index (χ3v) is 5.59. The number of epoxide rings is 1. The fourth-order valence-corrected chi connectivity index (χ4v) is 3.60. The summed E-state index contributed by atoms with van der Waals surface area (Å²) in [5.74, 6) is 0. The van der Waals surface area contributed by atoms with Crippen molar-refractivity contribution in [1.82, 2.24) is 0 Å². The van der Waals surface area contributed by atoms with E-state index >= 15 is 0 Å². The first-order valence-electron chi connectivity index (χ1n) is 9.82. The first kappa shape index (κ1) is 23.0. The van der Waals surface area contributed by atoms with Crippen molar-refractivity contribution in [3.8, 4) is 0 Å². The molecule has 1 saturated heterocycles. The van der Waals surface area contributed by atoms with Gasteiger partial charge in [-0.2, -0.15) is 0 Å². The number of fused-ring (bicyclic) bond motifs is 1. The zero-order valence-electron chi connectivity index (χ0n) is 17.2. The Morgan fingerprint density at radius 1 is 1.18 bits per heavy atom. The molecule has 0 unspecified atom stereocenters. The highest BCUT2D eigenvalue weighted by molar-refractivity contribution is 5.35. The molecule has 0 radical (unpaired) electrons. The Hall–Kier alpha value is -1.28. The van der Waals surface area contributed by atoms with Gasteiger partial charge in [0.2, 0.25) is 0 Å². The summed E-state index contributed by atoms with van der Waals surface area (Å²) in [6, 6.07) is 0. The van der Waals surface area contributed by atoms with Gasteiger partial charge in [-0.05, 0) is 64.2 Å². The fraction of sp³-hybridized carbons (Fsp3) is 0.636. The van der Waals surface area contributed by atoms with Gasteiger partial charge >= 0.3 is 0 Å². The van der Waals surface area contributed by atoms with Gasteiger partial charge in [0.15, 0.2) is 5.60 Å². The van der Waals surface area contributed by atoms with Crippen molar-refractivity contribution in [3.05, 3.63) is 46.6 Å². The highest BCUT2D eigenvalue weighted by atomic mass is 16.6. The second kappa shape index (κ2) is 9.48. The molecule has 158 valence electrons. The highest BCUT2D eigenvalue weighted by Gasteiger charge is 2.69. The van der Waals surface area contributed by atoms with Crippen LogP contribution in [0.3, 0.4) is 0 Å². The average molecular weight is 395 g/mol. The second-order valence-electron chi connectivity index (χ2n) is 8.16. The lowest BCUT2D eigenvalue weighted by atomic mass is 9.81. The predicted molar refractivity (Wildman–Crippen MR) is 108 cm³/mol. The van der Waals surface area contributed by atoms with Crippen LogP contribution in [0.2, 0.25) is 0 Å². The smallest absolute Gasteiger partial charge is 0.156 e. The minimum Gasteiger partial charge on any atom is -0.392 e. The molecule has 5 N–H and O–H groups in total. The van der Waals surface area contributed by atoms with E-state index in [1.54, 1.807) is 6.92 Å². The van der Waals surface area contributed by atoms with Crippen LogP contribution in [0, 0.1) is 0 Å². The van der Waals surface area contributed by atoms with Gasteiger partial charge in [-0.1, -0.05) is 29.4 Å². The average Bonchev–Trinajstić information content (AvgIpc) is 3.40. The Balaban J connectivity index is 1.97. The maximum Gasteiger partial charge on any atom is 0.156 e. The van der Waals surface area contributed by atoms with E-state index in [-0.39, 0.29) is 12.2 Å². The minimum atomic E-state index is -1.32. The van der Waals surface area contributed by atoms with Crippen LogP contribution in [0.4, 0.5) is 0 Å². The number of rotatable bonds is 9. The van der Waals surface area contributed by atoms with E-state index in [9.17, 15) is 25.5 Å². The largest absolute Gasteiger partial charge is 0.392 e. The Bertz CT molecular complexity index is 673. The van der Waals surface area contributed by atoms with Crippen molar-refractivity contribution in [1.29, 1.82) is 0 Å². The molecule has 0 aromatic carbocycles. The van der Waals surface area contributed by atoms with Crippen molar-refractivity contribution in [2.75, 3.05) is 6.61 Å². The molecule has 1 aliphatic carbocycles. The van der Waals surface area contributed by atoms with Crippen LogP contribution in [0.5, 0.6) is 0 Å². The van der Waals surface area contributed by atoms with Crippen LogP contribution in [0.1, 0.15) is 47.0 Å². The van der Waals surface area contributed by atoms with E-state index in [1.165, 1.54) is 23.3 Å². The van der Waals surface area contributed by atoms with E-state index in [2.05, 4.69) is 19.9 Å². The molecule has 0 saturated carbocycles. The lowest BCUT2D eigenvalue weighted by Gasteiger charge is -2.28. The Labute approximate surface area is 167 Å². The fourth-order valence-electron chi connectivity index (χ4n) is 3.60. The lowest BCUT2D eigenvalue weighted by Crippen LogP contribution is -2.48. The van der Waals surface area contributed by atoms with Crippen molar-refractivity contribution in [2.45, 2.75) is 83.1 Å². The van der Waals surface area contributed by atoms with Crippen LogP contribution < -0.4 is 0 Å². The van der Waals surface area contributed by atoms with E-state index in [4.69, 9.17) is 4.74 Å². The Morgan fingerprint density at radius 2 is 1.86 bits per heavy atom. The molecule has 0 aromatic heterocycles. The van der Waals surface area contributed by atoms with E-state index in [1.807, 2.05) is 13.0 Å². The van der Waals surface area contributed by atoms with Gasteiger partial charge in [-0.25, -0.2) is 0 Å². The molecule has 1 heterocycles. The van der Waals surface area contributed by atoms with Crippen molar-refractivity contribution in [3.63, 3.8) is 0 Å². The van der Waals surface area contributed by atoms with E-state index in [0.29, 0.717) is 12.0 Å². The summed E-state index contributed by atoms with van der Waals surface area (Å²) in [5.41, 5.74) is 2.02. The maximum atomic E-state index is 10.6.